The molecule has 3 aromatic rings. The molecular weight excluding hydrogens is 595 g/mol. The number of anilines is 1. The number of likely N-dealkylation sites (N-methyl/N-ethyl adjacent to an activating group) is 1. The monoisotopic (exact) mass is 639 g/mol. The first-order chi connectivity index (χ1) is 22.0. The summed E-state index contributed by atoms with van der Waals surface area (Å²) in [5.74, 6) is 0.219. The number of amides is 2. The molecule has 3 aromatic carbocycles. The Labute approximate surface area is 270 Å². The highest BCUT2D eigenvalue weighted by atomic mass is 19.4. The maximum atomic E-state index is 13.7. The van der Waals surface area contributed by atoms with E-state index in [1.165, 1.54) is 23.3 Å². The highest BCUT2D eigenvalue weighted by Crippen LogP contribution is 2.34. The molecule has 0 unspecified atom stereocenters. The number of carbonyl (C=O) groups is 2. The second kappa shape index (κ2) is 14.2. The second-order valence-electron chi connectivity index (χ2n) is 12.0. The van der Waals surface area contributed by atoms with Crippen LogP contribution in [0.25, 0.3) is 0 Å². The molecule has 46 heavy (non-hydrogen) atoms. The lowest BCUT2D eigenvalue weighted by Crippen LogP contribution is -2.54. The van der Waals surface area contributed by atoms with Crippen LogP contribution in [0, 0.1) is 0 Å². The summed E-state index contributed by atoms with van der Waals surface area (Å²) in [5, 5.41) is 3.17. The molecule has 0 saturated carbocycles. The summed E-state index contributed by atoms with van der Waals surface area (Å²) >= 11 is 0. The molecule has 10 heteroatoms. The van der Waals surface area contributed by atoms with E-state index in [9.17, 15) is 22.8 Å². The van der Waals surface area contributed by atoms with Gasteiger partial charge in [0.05, 0.1) is 29.7 Å². The minimum atomic E-state index is -4.38. The number of ether oxygens (including phenoxy) is 2. The topological polar surface area (TPSA) is 71.1 Å². The van der Waals surface area contributed by atoms with Crippen LogP contribution in [0.1, 0.15) is 67.1 Å². The van der Waals surface area contributed by atoms with Gasteiger partial charge in [0.2, 0.25) is 5.91 Å². The molecule has 1 saturated heterocycles. The minimum Gasteiger partial charge on any atom is -0.490 e. The van der Waals surface area contributed by atoms with Gasteiger partial charge in [-0.25, -0.2) is 0 Å². The summed E-state index contributed by atoms with van der Waals surface area (Å²) in [4.78, 5) is 30.1. The van der Waals surface area contributed by atoms with Crippen molar-refractivity contribution in [3.63, 3.8) is 0 Å². The largest absolute Gasteiger partial charge is 0.490 e. The molecule has 1 fully saturated rings. The van der Waals surface area contributed by atoms with Gasteiger partial charge in [-0.3, -0.25) is 9.59 Å². The quantitative estimate of drug-likeness (QED) is 0.327. The fourth-order valence-corrected chi connectivity index (χ4v) is 6.57. The van der Waals surface area contributed by atoms with E-state index in [2.05, 4.69) is 17.4 Å². The molecule has 2 heterocycles. The Hall–Kier alpha value is -4.05. The number of alkyl halides is 3. The molecule has 6 rings (SSSR count). The summed E-state index contributed by atoms with van der Waals surface area (Å²) in [6.07, 6.45) is -1.73. The fraction of sp³-hybridized carbons (Fsp3) is 0.444. The third kappa shape index (κ3) is 7.49. The summed E-state index contributed by atoms with van der Waals surface area (Å²) in [6.45, 7) is 4.61. The van der Waals surface area contributed by atoms with Crippen molar-refractivity contribution in [3.8, 4) is 5.75 Å². The number of fused-ring (bicyclic) bond motifs is 3. The van der Waals surface area contributed by atoms with Crippen molar-refractivity contribution >= 4 is 17.5 Å². The van der Waals surface area contributed by atoms with Crippen molar-refractivity contribution in [2.45, 2.75) is 83.0 Å². The van der Waals surface area contributed by atoms with Gasteiger partial charge in [-0.15, -0.1) is 0 Å². The van der Waals surface area contributed by atoms with E-state index in [4.69, 9.17) is 9.47 Å². The predicted molar refractivity (Wildman–Crippen MR) is 173 cm³/mol. The van der Waals surface area contributed by atoms with E-state index in [0.29, 0.717) is 36.3 Å². The lowest BCUT2D eigenvalue weighted by atomic mass is 9.94. The molecule has 0 spiro atoms. The third-order valence-corrected chi connectivity index (χ3v) is 8.97. The van der Waals surface area contributed by atoms with Crippen LogP contribution in [0.3, 0.4) is 0 Å². The van der Waals surface area contributed by atoms with E-state index < -0.39 is 11.7 Å². The van der Waals surface area contributed by atoms with E-state index in [1.807, 2.05) is 44.0 Å². The zero-order valence-corrected chi connectivity index (χ0v) is 26.8. The SMILES string of the molecule is CC.CN(Cc1ccc(C(F)(F)F)cc1)c1ccc2c(c1)C(=O)N(C)[C@H]1CC[C@@H](CC(=O)NC3Cc4ccccc4C3)O[C@H]1CO2.[HH]. The fourth-order valence-electron chi connectivity index (χ4n) is 6.57. The van der Waals surface area contributed by atoms with Crippen molar-refractivity contribution in [2.24, 2.45) is 0 Å². The molecule has 1 aliphatic carbocycles. The first kappa shape index (κ1) is 33.3. The zero-order chi connectivity index (χ0) is 33.0. The van der Waals surface area contributed by atoms with Gasteiger partial charge < -0.3 is 24.6 Å². The van der Waals surface area contributed by atoms with Crippen molar-refractivity contribution in [3.05, 3.63) is 94.5 Å². The van der Waals surface area contributed by atoms with E-state index in [1.54, 1.807) is 24.1 Å². The Morgan fingerprint density at radius 1 is 1.02 bits per heavy atom. The highest BCUT2D eigenvalue weighted by Gasteiger charge is 2.39. The molecule has 0 aromatic heterocycles. The molecule has 2 amide bonds. The van der Waals surface area contributed by atoms with Crippen LogP contribution in [0.15, 0.2) is 66.7 Å². The van der Waals surface area contributed by atoms with Gasteiger partial charge >= 0.3 is 6.18 Å². The number of rotatable bonds is 6. The first-order valence-electron chi connectivity index (χ1n) is 16.0. The van der Waals surface area contributed by atoms with Crippen molar-refractivity contribution in [2.75, 3.05) is 25.6 Å². The van der Waals surface area contributed by atoms with E-state index >= 15 is 0 Å². The highest BCUT2D eigenvalue weighted by molar-refractivity contribution is 5.98. The number of nitrogens with zero attached hydrogens (tertiary/aromatic N) is 2. The van der Waals surface area contributed by atoms with Crippen LogP contribution in [0.2, 0.25) is 0 Å². The Kier molecular flexibility index (Phi) is 10.3. The normalized spacial score (nSPS) is 21.0. The molecule has 7 nitrogen and oxygen atoms in total. The summed E-state index contributed by atoms with van der Waals surface area (Å²) < 4.78 is 51.3. The lowest BCUT2D eigenvalue weighted by Gasteiger charge is -2.42. The summed E-state index contributed by atoms with van der Waals surface area (Å²) in [5.41, 5.74) is 3.75. The molecule has 1 N–H and O–H groups in total. The van der Waals surface area contributed by atoms with Crippen molar-refractivity contribution in [1.82, 2.24) is 10.2 Å². The number of carbonyl (C=O) groups excluding carboxylic acids is 2. The standard InChI is InChI=1S/C34H36F3N3O4.C2H6.H2/c1-39(19-21-7-9-24(10-8-21)34(35,36)37)26-11-14-30-28(17-26)33(42)40(2)29-13-12-27(44-31(29)20-43-30)18-32(41)38-25-15-22-5-3-4-6-23(22)16-25;1-2;/h3-11,14,17,25,27,29,31H,12-13,15-16,18-20H2,1-2H3,(H,38,41);1-2H3;1H/t27-,29-,31-;;/m0../s1. The zero-order valence-electron chi connectivity index (χ0n) is 26.8. The van der Waals surface area contributed by atoms with Crippen LogP contribution in [0.4, 0.5) is 18.9 Å². The number of benzene rings is 3. The van der Waals surface area contributed by atoms with Gasteiger partial charge in [-0.2, -0.15) is 13.2 Å². The number of hydrogen-bond donors (Lipinski definition) is 1. The number of halogens is 3. The summed E-state index contributed by atoms with van der Waals surface area (Å²) in [6, 6.07) is 18.6. The molecule has 0 radical (unpaired) electrons. The number of hydrogen-bond acceptors (Lipinski definition) is 5. The first-order valence-corrected chi connectivity index (χ1v) is 16.0. The summed E-state index contributed by atoms with van der Waals surface area (Å²) in [7, 11) is 3.59. The average molecular weight is 640 g/mol. The Bertz CT molecular complexity index is 1510. The van der Waals surface area contributed by atoms with Gasteiger partial charge in [0.15, 0.2) is 0 Å². The smallest absolute Gasteiger partial charge is 0.416 e. The van der Waals surface area contributed by atoms with Gasteiger partial charge in [-0.1, -0.05) is 50.2 Å². The van der Waals surface area contributed by atoms with Crippen molar-refractivity contribution in [1.29, 1.82) is 0 Å². The van der Waals surface area contributed by atoms with Crippen LogP contribution in [-0.4, -0.2) is 61.7 Å². The molecule has 3 aliphatic rings. The van der Waals surface area contributed by atoms with Crippen LogP contribution in [0.5, 0.6) is 5.75 Å². The lowest BCUT2D eigenvalue weighted by molar-refractivity contribution is -0.137. The van der Waals surface area contributed by atoms with Gasteiger partial charge in [0.1, 0.15) is 18.5 Å². The maximum Gasteiger partial charge on any atom is 0.416 e. The van der Waals surface area contributed by atoms with E-state index in [0.717, 1.165) is 30.7 Å². The second-order valence-corrected chi connectivity index (χ2v) is 12.0. The van der Waals surface area contributed by atoms with Crippen molar-refractivity contribution < 1.29 is 33.7 Å². The third-order valence-electron chi connectivity index (χ3n) is 8.97. The average Bonchev–Trinajstić information content (AvgIpc) is 3.45. The molecule has 0 bridgehead atoms. The Balaban J connectivity index is 0.00000164. The minimum absolute atomic E-state index is 0. The van der Waals surface area contributed by atoms with Gasteiger partial charge in [0, 0.05) is 33.8 Å². The van der Waals surface area contributed by atoms with Crippen LogP contribution >= 0.6 is 0 Å². The molecule has 2 aliphatic heterocycles. The Morgan fingerprint density at radius 3 is 2.35 bits per heavy atom. The van der Waals surface area contributed by atoms with Gasteiger partial charge in [0.25, 0.3) is 5.91 Å². The Morgan fingerprint density at radius 2 is 1.70 bits per heavy atom. The van der Waals surface area contributed by atoms with Gasteiger partial charge in [-0.05, 0) is 72.7 Å². The molecular formula is C36H44F3N3O4. The number of nitrogens with one attached hydrogen (secondary N) is 1. The molecule has 3 atom stereocenters. The molecule has 248 valence electrons. The van der Waals surface area contributed by atoms with Crippen LogP contribution < -0.4 is 15.0 Å². The van der Waals surface area contributed by atoms with E-state index in [-0.39, 0.29) is 50.6 Å². The maximum absolute atomic E-state index is 13.7. The predicted octanol–water partition coefficient (Wildman–Crippen LogP) is 6.67. The van der Waals surface area contributed by atoms with Crippen LogP contribution in [-0.2, 0) is 35.1 Å².